The molecule has 0 aliphatic rings. The SMILES string of the molecule is CCCCCCCCCNC(=O)c1c(C)noc1C. The molecule has 1 amide bonds. The van der Waals surface area contributed by atoms with E-state index in [-0.39, 0.29) is 5.91 Å². The van der Waals surface area contributed by atoms with Crippen LogP contribution in [0.1, 0.15) is 73.7 Å². The Morgan fingerprint density at radius 2 is 1.74 bits per heavy atom. The molecule has 4 nitrogen and oxygen atoms in total. The maximum Gasteiger partial charge on any atom is 0.256 e. The molecule has 108 valence electrons. The number of nitrogens with zero attached hydrogens (tertiary/aromatic N) is 1. The lowest BCUT2D eigenvalue weighted by Gasteiger charge is -2.04. The molecule has 0 atom stereocenters. The fourth-order valence-electron chi connectivity index (χ4n) is 2.18. The number of hydrogen-bond acceptors (Lipinski definition) is 3. The molecule has 0 saturated heterocycles. The maximum atomic E-state index is 11.9. The zero-order valence-corrected chi connectivity index (χ0v) is 12.4. The van der Waals surface area contributed by atoms with Crippen LogP contribution in [0.2, 0.25) is 0 Å². The number of hydrogen-bond donors (Lipinski definition) is 1. The van der Waals surface area contributed by atoms with Gasteiger partial charge >= 0.3 is 0 Å². The van der Waals surface area contributed by atoms with Crippen LogP contribution in [0.4, 0.5) is 0 Å². The largest absolute Gasteiger partial charge is 0.361 e. The van der Waals surface area contributed by atoms with Gasteiger partial charge in [-0.25, -0.2) is 0 Å². The van der Waals surface area contributed by atoms with Crippen molar-refractivity contribution >= 4 is 5.91 Å². The van der Waals surface area contributed by atoms with Gasteiger partial charge in [-0.3, -0.25) is 4.79 Å². The number of aromatic nitrogens is 1. The Labute approximate surface area is 115 Å². The van der Waals surface area contributed by atoms with Crippen LogP contribution in [-0.4, -0.2) is 17.6 Å². The second-order valence-electron chi connectivity index (χ2n) is 5.08. The van der Waals surface area contributed by atoms with E-state index in [0.717, 1.165) is 13.0 Å². The summed E-state index contributed by atoms with van der Waals surface area (Å²) in [5.74, 6) is 0.525. The maximum absolute atomic E-state index is 11.9. The number of carbonyl (C=O) groups is 1. The molecule has 0 bridgehead atoms. The van der Waals surface area contributed by atoms with Crippen molar-refractivity contribution in [2.45, 2.75) is 65.7 Å². The Morgan fingerprint density at radius 1 is 1.11 bits per heavy atom. The normalized spacial score (nSPS) is 10.7. The van der Waals surface area contributed by atoms with Gasteiger partial charge in [0.1, 0.15) is 11.3 Å². The van der Waals surface area contributed by atoms with Crippen molar-refractivity contribution in [2.24, 2.45) is 0 Å². The molecule has 1 aromatic rings. The summed E-state index contributed by atoms with van der Waals surface area (Å²) in [4.78, 5) is 11.9. The molecule has 0 aliphatic heterocycles. The highest BCUT2D eigenvalue weighted by Gasteiger charge is 2.16. The van der Waals surface area contributed by atoms with E-state index in [2.05, 4.69) is 17.4 Å². The van der Waals surface area contributed by atoms with Gasteiger partial charge in [0.2, 0.25) is 0 Å². The van der Waals surface area contributed by atoms with Gasteiger partial charge in [0, 0.05) is 6.54 Å². The second-order valence-corrected chi connectivity index (χ2v) is 5.08. The smallest absolute Gasteiger partial charge is 0.256 e. The zero-order chi connectivity index (χ0) is 14.1. The molecular weight excluding hydrogens is 240 g/mol. The molecule has 0 unspecified atom stereocenters. The lowest BCUT2D eigenvalue weighted by Crippen LogP contribution is -2.25. The van der Waals surface area contributed by atoms with Crippen molar-refractivity contribution in [3.63, 3.8) is 0 Å². The summed E-state index contributed by atoms with van der Waals surface area (Å²) in [7, 11) is 0. The van der Waals surface area contributed by atoms with Crippen LogP contribution in [-0.2, 0) is 0 Å². The van der Waals surface area contributed by atoms with E-state index < -0.39 is 0 Å². The number of carbonyl (C=O) groups excluding carboxylic acids is 1. The fraction of sp³-hybridized carbons (Fsp3) is 0.733. The summed E-state index contributed by atoms with van der Waals surface area (Å²) in [6.07, 6.45) is 8.76. The van der Waals surface area contributed by atoms with Gasteiger partial charge < -0.3 is 9.84 Å². The van der Waals surface area contributed by atoms with Crippen molar-refractivity contribution in [2.75, 3.05) is 6.54 Å². The minimum absolute atomic E-state index is 0.0674. The average molecular weight is 266 g/mol. The Bertz CT molecular complexity index is 366. The molecule has 0 fully saturated rings. The molecule has 0 aliphatic carbocycles. The minimum Gasteiger partial charge on any atom is -0.361 e. The lowest BCUT2D eigenvalue weighted by molar-refractivity contribution is 0.0951. The van der Waals surface area contributed by atoms with Crippen LogP contribution in [0.25, 0.3) is 0 Å². The number of rotatable bonds is 9. The second kappa shape index (κ2) is 8.73. The zero-order valence-electron chi connectivity index (χ0n) is 12.4. The van der Waals surface area contributed by atoms with E-state index in [1.165, 1.54) is 38.5 Å². The third-order valence-electron chi connectivity index (χ3n) is 3.33. The van der Waals surface area contributed by atoms with Gasteiger partial charge in [-0.1, -0.05) is 50.6 Å². The van der Waals surface area contributed by atoms with Crippen molar-refractivity contribution in [3.05, 3.63) is 17.0 Å². The van der Waals surface area contributed by atoms with E-state index in [9.17, 15) is 4.79 Å². The number of nitrogens with one attached hydrogen (secondary N) is 1. The molecule has 19 heavy (non-hydrogen) atoms. The van der Waals surface area contributed by atoms with Crippen LogP contribution in [0, 0.1) is 13.8 Å². The predicted molar refractivity (Wildman–Crippen MR) is 76.3 cm³/mol. The molecule has 1 heterocycles. The summed E-state index contributed by atoms with van der Waals surface area (Å²) in [6.45, 7) is 6.52. The average Bonchev–Trinajstić information content (AvgIpc) is 2.72. The molecular formula is C15H26N2O2. The van der Waals surface area contributed by atoms with Crippen LogP contribution in [0.5, 0.6) is 0 Å². The standard InChI is InChI=1S/C15H26N2O2/c1-4-5-6-7-8-9-10-11-16-15(18)14-12(2)17-19-13(14)3/h4-11H2,1-3H3,(H,16,18). The Kier molecular flexibility index (Phi) is 7.23. The Hall–Kier alpha value is -1.32. The summed E-state index contributed by atoms with van der Waals surface area (Å²) in [6, 6.07) is 0. The summed E-state index contributed by atoms with van der Waals surface area (Å²) >= 11 is 0. The van der Waals surface area contributed by atoms with Crippen LogP contribution in [0.15, 0.2) is 4.52 Å². The molecule has 1 aromatic heterocycles. The molecule has 0 saturated carbocycles. The van der Waals surface area contributed by atoms with E-state index >= 15 is 0 Å². The van der Waals surface area contributed by atoms with E-state index in [1.807, 2.05) is 0 Å². The lowest BCUT2D eigenvalue weighted by atomic mass is 10.1. The highest BCUT2D eigenvalue weighted by Crippen LogP contribution is 2.12. The molecule has 0 aromatic carbocycles. The summed E-state index contributed by atoms with van der Waals surface area (Å²) in [5, 5.41) is 6.72. The highest BCUT2D eigenvalue weighted by molar-refractivity contribution is 5.95. The van der Waals surface area contributed by atoms with Crippen LogP contribution >= 0.6 is 0 Å². The van der Waals surface area contributed by atoms with E-state index in [4.69, 9.17) is 4.52 Å². The van der Waals surface area contributed by atoms with Gasteiger partial charge in [0.05, 0.1) is 5.69 Å². The Balaban J connectivity index is 2.11. The van der Waals surface area contributed by atoms with Crippen molar-refractivity contribution < 1.29 is 9.32 Å². The van der Waals surface area contributed by atoms with Gasteiger partial charge in [-0.05, 0) is 20.3 Å². The number of unbranched alkanes of at least 4 members (excludes halogenated alkanes) is 6. The first-order valence-corrected chi connectivity index (χ1v) is 7.38. The summed E-state index contributed by atoms with van der Waals surface area (Å²) < 4.78 is 4.99. The van der Waals surface area contributed by atoms with E-state index in [0.29, 0.717) is 17.0 Å². The molecule has 1 N–H and O–H groups in total. The van der Waals surface area contributed by atoms with Crippen molar-refractivity contribution in [3.8, 4) is 0 Å². The fourth-order valence-corrected chi connectivity index (χ4v) is 2.18. The van der Waals surface area contributed by atoms with Gasteiger partial charge in [0.15, 0.2) is 0 Å². The van der Waals surface area contributed by atoms with Crippen LogP contribution < -0.4 is 5.32 Å². The van der Waals surface area contributed by atoms with Gasteiger partial charge in [-0.2, -0.15) is 0 Å². The number of aryl methyl sites for hydroxylation is 2. The third-order valence-corrected chi connectivity index (χ3v) is 3.33. The quantitative estimate of drug-likeness (QED) is 0.692. The summed E-state index contributed by atoms with van der Waals surface area (Å²) in [5.41, 5.74) is 1.25. The monoisotopic (exact) mass is 266 g/mol. The molecule has 0 spiro atoms. The topological polar surface area (TPSA) is 55.1 Å². The first-order chi connectivity index (χ1) is 9.16. The molecule has 0 radical (unpaired) electrons. The first kappa shape index (κ1) is 15.7. The van der Waals surface area contributed by atoms with Crippen molar-refractivity contribution in [1.82, 2.24) is 10.5 Å². The first-order valence-electron chi connectivity index (χ1n) is 7.38. The number of amides is 1. The molecule has 4 heteroatoms. The van der Waals surface area contributed by atoms with Gasteiger partial charge in [-0.15, -0.1) is 0 Å². The predicted octanol–water partition coefficient (Wildman–Crippen LogP) is 3.77. The molecule has 1 rings (SSSR count). The highest BCUT2D eigenvalue weighted by atomic mass is 16.5. The Morgan fingerprint density at radius 3 is 2.32 bits per heavy atom. The van der Waals surface area contributed by atoms with E-state index in [1.54, 1.807) is 13.8 Å². The van der Waals surface area contributed by atoms with Crippen molar-refractivity contribution in [1.29, 1.82) is 0 Å². The third kappa shape index (κ3) is 5.45. The minimum atomic E-state index is -0.0674. The van der Waals surface area contributed by atoms with Crippen LogP contribution in [0.3, 0.4) is 0 Å². The van der Waals surface area contributed by atoms with Gasteiger partial charge in [0.25, 0.3) is 5.91 Å².